The number of fused-ring (bicyclic) bond motifs is 1. The first-order chi connectivity index (χ1) is 20.5. The molecule has 5 rings (SSSR count). The minimum Gasteiger partial charge on any atom is -0.381 e. The van der Waals surface area contributed by atoms with Gasteiger partial charge in [0, 0.05) is 36.5 Å². The molecular weight excluding hydrogens is 567 g/mol. The Hall–Kier alpha value is -4.39. The molecule has 0 spiro atoms. The van der Waals surface area contributed by atoms with Gasteiger partial charge in [-0.15, -0.1) is 0 Å². The van der Waals surface area contributed by atoms with E-state index in [1.807, 2.05) is 0 Å². The van der Waals surface area contributed by atoms with Crippen LogP contribution in [-0.4, -0.2) is 76.1 Å². The van der Waals surface area contributed by atoms with E-state index in [2.05, 4.69) is 20.9 Å². The van der Waals surface area contributed by atoms with E-state index < -0.39 is 66.9 Å². The van der Waals surface area contributed by atoms with Crippen LogP contribution in [0.2, 0.25) is 0 Å². The number of likely N-dealkylation sites (tertiary alicyclic amines) is 1. The van der Waals surface area contributed by atoms with E-state index in [9.17, 15) is 37.5 Å². The highest BCUT2D eigenvalue weighted by atomic mass is 19.4. The molecule has 228 valence electrons. The van der Waals surface area contributed by atoms with E-state index in [0.29, 0.717) is 23.9 Å². The molecule has 1 aromatic heterocycles. The molecule has 2 aromatic carbocycles. The van der Waals surface area contributed by atoms with Crippen molar-refractivity contribution in [1.82, 2.24) is 25.8 Å². The number of nitrogens with one attached hydrogen (secondary N) is 4. The first-order valence-corrected chi connectivity index (χ1v) is 14.0. The maximum atomic E-state index is 13.8. The monoisotopic (exact) mass is 599 g/mol. The summed E-state index contributed by atoms with van der Waals surface area (Å²) in [4.78, 5) is 56.0. The predicted octanol–water partition coefficient (Wildman–Crippen LogP) is 2.25. The van der Waals surface area contributed by atoms with Crippen LogP contribution in [0.1, 0.15) is 35.3 Å². The summed E-state index contributed by atoms with van der Waals surface area (Å²) in [6, 6.07) is 14.5. The number of hydrogen-bond acceptors (Lipinski definition) is 5. The summed E-state index contributed by atoms with van der Waals surface area (Å²) in [6.45, 7) is -0.265. The van der Waals surface area contributed by atoms with Crippen LogP contribution in [0.5, 0.6) is 0 Å². The van der Waals surface area contributed by atoms with Crippen molar-refractivity contribution in [2.75, 3.05) is 13.1 Å². The highest BCUT2D eigenvalue weighted by Gasteiger charge is 2.51. The number of carbonyl (C=O) groups is 4. The number of alkyl halides is 3. The molecular formula is C30H32F3N5O5. The van der Waals surface area contributed by atoms with Crippen LogP contribution in [0.15, 0.2) is 60.7 Å². The zero-order valence-electron chi connectivity index (χ0n) is 23.1. The van der Waals surface area contributed by atoms with Gasteiger partial charge in [-0.25, -0.2) is 0 Å². The lowest BCUT2D eigenvalue weighted by Gasteiger charge is -2.29. The van der Waals surface area contributed by atoms with Gasteiger partial charge in [0.1, 0.15) is 11.7 Å². The molecule has 2 fully saturated rings. The third kappa shape index (κ3) is 6.82. The van der Waals surface area contributed by atoms with Gasteiger partial charge in [0.2, 0.25) is 11.8 Å². The molecule has 4 amide bonds. The van der Waals surface area contributed by atoms with Crippen molar-refractivity contribution in [3.8, 4) is 0 Å². The van der Waals surface area contributed by atoms with Crippen molar-refractivity contribution in [2.24, 2.45) is 11.8 Å². The van der Waals surface area contributed by atoms with Crippen LogP contribution in [0.25, 0.3) is 10.9 Å². The van der Waals surface area contributed by atoms with Crippen molar-refractivity contribution >= 4 is 34.5 Å². The first kappa shape index (κ1) is 30.1. The van der Waals surface area contributed by atoms with Gasteiger partial charge >= 0.3 is 6.18 Å². The van der Waals surface area contributed by atoms with Crippen molar-refractivity contribution in [3.05, 3.63) is 71.9 Å². The minimum absolute atomic E-state index is 0.0290. The quantitative estimate of drug-likeness (QED) is 0.256. The van der Waals surface area contributed by atoms with Crippen molar-refractivity contribution in [2.45, 2.75) is 50.2 Å². The Labute approximate surface area is 245 Å². The summed E-state index contributed by atoms with van der Waals surface area (Å²) < 4.78 is 41.5. The van der Waals surface area contributed by atoms with Crippen molar-refractivity contribution in [3.63, 3.8) is 0 Å². The number of nitrogens with zero attached hydrogens (tertiary/aromatic N) is 1. The first-order valence-electron chi connectivity index (χ1n) is 14.0. The van der Waals surface area contributed by atoms with Crippen molar-refractivity contribution < 1.29 is 37.5 Å². The van der Waals surface area contributed by atoms with Crippen LogP contribution in [0, 0.1) is 11.8 Å². The van der Waals surface area contributed by atoms with E-state index in [1.54, 1.807) is 54.6 Å². The van der Waals surface area contributed by atoms with Crippen LogP contribution < -0.4 is 16.0 Å². The van der Waals surface area contributed by atoms with Gasteiger partial charge in [0.15, 0.2) is 6.10 Å². The lowest BCUT2D eigenvalue weighted by molar-refractivity contribution is -0.170. The number of aromatic nitrogens is 1. The van der Waals surface area contributed by atoms with Crippen LogP contribution >= 0.6 is 0 Å². The molecule has 2 aliphatic heterocycles. The summed E-state index contributed by atoms with van der Waals surface area (Å²) in [5.74, 6) is -5.44. The summed E-state index contributed by atoms with van der Waals surface area (Å²) in [7, 11) is 0. The fraction of sp³-hybridized carbons (Fsp3) is 0.400. The van der Waals surface area contributed by atoms with E-state index in [4.69, 9.17) is 0 Å². The second-order valence-electron chi connectivity index (χ2n) is 11.0. The van der Waals surface area contributed by atoms with E-state index in [1.165, 1.54) is 6.07 Å². The van der Waals surface area contributed by atoms with E-state index in [-0.39, 0.29) is 24.6 Å². The predicted molar refractivity (Wildman–Crippen MR) is 149 cm³/mol. The fourth-order valence-electron chi connectivity index (χ4n) is 5.68. The van der Waals surface area contributed by atoms with Gasteiger partial charge in [0.05, 0.1) is 12.0 Å². The number of amides is 4. The van der Waals surface area contributed by atoms with Crippen LogP contribution in [0.4, 0.5) is 13.2 Å². The molecule has 0 radical (unpaired) electrons. The third-order valence-corrected chi connectivity index (χ3v) is 8.08. The SMILES string of the molecule is O=C(NCc1ccccc1)C(O)[C@H](C[C@@H]1CCNC1=O)NC(=O)[C@@H]1C[C@@H](C(F)(F)F)CN1C(=O)c1cc2ccccc2[nH]1. The second-order valence-corrected chi connectivity index (χ2v) is 11.0. The normalized spacial score (nSPS) is 21.8. The Morgan fingerprint density at radius 1 is 1.07 bits per heavy atom. The summed E-state index contributed by atoms with van der Waals surface area (Å²) in [6.07, 6.45) is -6.88. The molecule has 3 aromatic rings. The summed E-state index contributed by atoms with van der Waals surface area (Å²) in [5, 5.41) is 19.4. The standard InChI is InChI=1S/C30H32F3N5O5/c31-30(32,33)20-14-24(38(16-20)29(43)23-12-18-8-4-5-9-21(18)36-23)27(41)37-22(13-19-10-11-34-26(19)40)25(39)28(42)35-15-17-6-2-1-3-7-17/h1-9,12,19-20,22,24-25,36,39H,10-11,13-16H2,(H,34,40)(H,35,42)(H,37,41)/t19-,20+,22-,24-,25?/m0/s1. The number of aliphatic hydroxyl groups excluding tert-OH is 1. The van der Waals surface area contributed by atoms with E-state index >= 15 is 0 Å². The lowest BCUT2D eigenvalue weighted by Crippen LogP contribution is -2.55. The van der Waals surface area contributed by atoms with Crippen LogP contribution in [0.3, 0.4) is 0 Å². The fourth-order valence-corrected chi connectivity index (χ4v) is 5.68. The number of carbonyl (C=O) groups excluding carboxylic acids is 4. The zero-order valence-corrected chi connectivity index (χ0v) is 23.1. The second kappa shape index (κ2) is 12.5. The Morgan fingerprint density at radius 3 is 2.47 bits per heavy atom. The Bertz CT molecular complexity index is 1460. The molecule has 5 N–H and O–H groups in total. The molecule has 10 nitrogen and oxygen atoms in total. The molecule has 1 unspecified atom stereocenters. The number of H-pyrrole nitrogens is 1. The average molecular weight is 600 g/mol. The molecule has 3 heterocycles. The number of halogens is 3. The van der Waals surface area contributed by atoms with Gasteiger partial charge in [-0.2, -0.15) is 13.2 Å². The van der Waals surface area contributed by atoms with Gasteiger partial charge in [-0.3, -0.25) is 19.2 Å². The summed E-state index contributed by atoms with van der Waals surface area (Å²) in [5.41, 5.74) is 1.40. The summed E-state index contributed by atoms with van der Waals surface area (Å²) >= 11 is 0. The Morgan fingerprint density at radius 2 is 1.79 bits per heavy atom. The molecule has 0 saturated carbocycles. The van der Waals surface area contributed by atoms with Crippen LogP contribution in [-0.2, 0) is 20.9 Å². The number of aliphatic hydroxyl groups is 1. The van der Waals surface area contributed by atoms with Gasteiger partial charge in [0.25, 0.3) is 11.8 Å². The highest BCUT2D eigenvalue weighted by molar-refractivity contribution is 6.00. The van der Waals surface area contributed by atoms with Gasteiger partial charge < -0.3 is 30.9 Å². The number of para-hydroxylation sites is 1. The Balaban J connectivity index is 1.36. The molecule has 0 aliphatic carbocycles. The van der Waals surface area contributed by atoms with Gasteiger partial charge in [-0.05, 0) is 37.0 Å². The van der Waals surface area contributed by atoms with Crippen molar-refractivity contribution in [1.29, 1.82) is 0 Å². The number of benzene rings is 2. The topological polar surface area (TPSA) is 144 Å². The minimum atomic E-state index is -4.66. The maximum Gasteiger partial charge on any atom is 0.393 e. The molecule has 2 saturated heterocycles. The molecule has 2 aliphatic rings. The highest BCUT2D eigenvalue weighted by Crippen LogP contribution is 2.37. The third-order valence-electron chi connectivity index (χ3n) is 8.08. The number of rotatable bonds is 9. The number of aromatic amines is 1. The zero-order chi connectivity index (χ0) is 30.7. The lowest BCUT2D eigenvalue weighted by atomic mass is 9.94. The average Bonchev–Trinajstić information content (AvgIpc) is 3.73. The maximum absolute atomic E-state index is 13.8. The molecule has 5 atom stereocenters. The molecule has 13 heteroatoms. The van der Waals surface area contributed by atoms with Gasteiger partial charge in [-0.1, -0.05) is 48.5 Å². The smallest absolute Gasteiger partial charge is 0.381 e. The van der Waals surface area contributed by atoms with E-state index in [0.717, 1.165) is 10.5 Å². The molecule has 0 bridgehead atoms. The Kier molecular flexibility index (Phi) is 8.71. The largest absolute Gasteiger partial charge is 0.393 e. The number of hydrogen-bond donors (Lipinski definition) is 5. The molecule has 43 heavy (non-hydrogen) atoms.